The molecule has 1 atom stereocenters. The van der Waals surface area contributed by atoms with Crippen LogP contribution in [0.1, 0.15) is 37.0 Å². The highest BCUT2D eigenvalue weighted by Crippen LogP contribution is 2.48. The van der Waals surface area contributed by atoms with Crippen LogP contribution < -0.4 is 5.32 Å². The van der Waals surface area contributed by atoms with Gasteiger partial charge in [-0.15, -0.1) is 0 Å². The number of para-hydroxylation sites is 1. The molecule has 0 aliphatic heterocycles. The molecule has 3 aromatic carbocycles. The van der Waals surface area contributed by atoms with Crippen molar-refractivity contribution in [1.29, 1.82) is 0 Å². The SMILES string of the molecule is CC(OC(=O)Nc1c(F)cnn1-c1ccccc1-c1ccc(C2(C(=O)O)CC2)cc1)c1ccccc1. The molecule has 0 spiro atoms. The molecular formula is C28H24FN3O4. The number of amides is 1. The van der Waals surface area contributed by atoms with Crippen molar-refractivity contribution in [3.8, 4) is 16.8 Å². The van der Waals surface area contributed by atoms with Crippen LogP contribution >= 0.6 is 0 Å². The zero-order valence-electron chi connectivity index (χ0n) is 19.5. The predicted octanol–water partition coefficient (Wildman–Crippen LogP) is 6.10. The smallest absolute Gasteiger partial charge is 0.413 e. The molecule has 4 aromatic rings. The summed E-state index contributed by atoms with van der Waals surface area (Å²) in [6, 6.07) is 23.8. The zero-order valence-corrected chi connectivity index (χ0v) is 19.5. The van der Waals surface area contributed by atoms with Gasteiger partial charge in [0.25, 0.3) is 0 Å². The third kappa shape index (κ3) is 4.33. The number of nitrogens with one attached hydrogen (secondary N) is 1. The Hall–Kier alpha value is -4.46. The summed E-state index contributed by atoms with van der Waals surface area (Å²) < 4.78 is 21.5. The largest absolute Gasteiger partial charge is 0.481 e. The molecule has 5 rings (SSSR count). The number of nitrogens with zero attached hydrogens (tertiary/aromatic N) is 2. The number of rotatable bonds is 7. The van der Waals surface area contributed by atoms with Gasteiger partial charge in [-0.25, -0.2) is 13.9 Å². The van der Waals surface area contributed by atoms with Crippen LogP contribution in [-0.2, 0) is 14.9 Å². The summed E-state index contributed by atoms with van der Waals surface area (Å²) in [5.74, 6) is -1.67. The summed E-state index contributed by atoms with van der Waals surface area (Å²) in [4.78, 5) is 24.2. The van der Waals surface area contributed by atoms with Gasteiger partial charge in [0.2, 0.25) is 0 Å². The van der Waals surface area contributed by atoms with Crippen molar-refractivity contribution in [2.24, 2.45) is 0 Å². The molecule has 1 fully saturated rings. The predicted molar refractivity (Wildman–Crippen MR) is 132 cm³/mol. The fraction of sp³-hybridized carbons (Fsp3) is 0.179. The average molecular weight is 486 g/mol. The molecule has 1 aliphatic carbocycles. The number of hydrogen-bond acceptors (Lipinski definition) is 4. The number of aliphatic carboxylic acids is 1. The summed E-state index contributed by atoms with van der Waals surface area (Å²) >= 11 is 0. The maximum atomic E-state index is 14.7. The maximum Gasteiger partial charge on any atom is 0.413 e. The van der Waals surface area contributed by atoms with Crippen LogP contribution in [0.15, 0.2) is 85.1 Å². The second kappa shape index (κ2) is 9.30. The Bertz CT molecular complexity index is 1410. The van der Waals surface area contributed by atoms with Crippen molar-refractivity contribution in [3.05, 3.63) is 102 Å². The van der Waals surface area contributed by atoms with Crippen molar-refractivity contribution in [3.63, 3.8) is 0 Å². The van der Waals surface area contributed by atoms with E-state index >= 15 is 0 Å². The Morgan fingerprint density at radius 3 is 2.36 bits per heavy atom. The summed E-state index contributed by atoms with van der Waals surface area (Å²) in [5, 5.41) is 16.2. The number of ether oxygens (including phenoxy) is 1. The van der Waals surface area contributed by atoms with E-state index in [1.54, 1.807) is 19.1 Å². The highest BCUT2D eigenvalue weighted by molar-refractivity contribution is 5.86. The molecule has 1 aromatic heterocycles. The Kier molecular flexibility index (Phi) is 6.01. The van der Waals surface area contributed by atoms with Gasteiger partial charge in [0.1, 0.15) is 6.10 Å². The molecule has 1 saturated carbocycles. The normalized spacial score (nSPS) is 14.6. The second-order valence-corrected chi connectivity index (χ2v) is 8.82. The minimum atomic E-state index is -0.813. The molecule has 8 heteroatoms. The van der Waals surface area contributed by atoms with E-state index in [2.05, 4.69) is 10.4 Å². The second-order valence-electron chi connectivity index (χ2n) is 8.82. The average Bonchev–Trinajstić information content (AvgIpc) is 3.64. The third-order valence-electron chi connectivity index (χ3n) is 6.54. The number of halogens is 1. The van der Waals surface area contributed by atoms with Gasteiger partial charge in [0.05, 0.1) is 17.3 Å². The number of benzene rings is 3. The Morgan fingerprint density at radius 1 is 1.03 bits per heavy atom. The van der Waals surface area contributed by atoms with Gasteiger partial charge in [0.15, 0.2) is 11.6 Å². The van der Waals surface area contributed by atoms with Gasteiger partial charge in [-0.2, -0.15) is 5.10 Å². The van der Waals surface area contributed by atoms with Gasteiger partial charge >= 0.3 is 12.1 Å². The lowest BCUT2D eigenvalue weighted by Gasteiger charge is -2.16. The van der Waals surface area contributed by atoms with E-state index in [0.29, 0.717) is 18.5 Å². The molecule has 0 radical (unpaired) electrons. The van der Waals surface area contributed by atoms with Gasteiger partial charge in [-0.3, -0.25) is 10.1 Å². The van der Waals surface area contributed by atoms with E-state index < -0.39 is 29.4 Å². The topological polar surface area (TPSA) is 93.5 Å². The lowest BCUT2D eigenvalue weighted by molar-refractivity contribution is -0.140. The lowest BCUT2D eigenvalue weighted by Crippen LogP contribution is -2.19. The number of carbonyl (C=O) groups is 2. The van der Waals surface area contributed by atoms with E-state index in [4.69, 9.17) is 4.74 Å². The Balaban J connectivity index is 1.41. The molecule has 1 unspecified atom stereocenters. The fourth-order valence-electron chi connectivity index (χ4n) is 4.32. The van der Waals surface area contributed by atoms with E-state index in [-0.39, 0.29) is 5.82 Å². The molecular weight excluding hydrogens is 461 g/mol. The van der Waals surface area contributed by atoms with Gasteiger partial charge in [-0.1, -0.05) is 72.8 Å². The van der Waals surface area contributed by atoms with Gasteiger partial charge < -0.3 is 9.84 Å². The van der Waals surface area contributed by atoms with Crippen LogP contribution in [0.5, 0.6) is 0 Å². The number of anilines is 1. The van der Waals surface area contributed by atoms with Gasteiger partial charge in [-0.05, 0) is 42.5 Å². The minimum Gasteiger partial charge on any atom is -0.481 e. The maximum absolute atomic E-state index is 14.7. The van der Waals surface area contributed by atoms with Crippen LogP contribution in [0.3, 0.4) is 0 Å². The van der Waals surface area contributed by atoms with Gasteiger partial charge in [0, 0.05) is 5.56 Å². The Morgan fingerprint density at radius 2 is 1.69 bits per heavy atom. The van der Waals surface area contributed by atoms with E-state index in [1.165, 1.54) is 4.68 Å². The minimum absolute atomic E-state index is 0.146. The number of carboxylic acids is 1. The Labute approximate surface area is 207 Å². The first kappa shape index (κ1) is 23.3. The first-order chi connectivity index (χ1) is 17.4. The molecule has 0 saturated heterocycles. The van der Waals surface area contributed by atoms with Crippen LogP contribution in [0.2, 0.25) is 0 Å². The molecule has 1 amide bonds. The van der Waals surface area contributed by atoms with Crippen molar-refractivity contribution < 1.29 is 23.8 Å². The summed E-state index contributed by atoms with van der Waals surface area (Å²) in [5.41, 5.74) is 2.86. The summed E-state index contributed by atoms with van der Waals surface area (Å²) in [6.45, 7) is 1.73. The summed E-state index contributed by atoms with van der Waals surface area (Å²) in [6.07, 6.45) is 0.937. The number of hydrogen-bond donors (Lipinski definition) is 2. The van der Waals surface area contributed by atoms with E-state index in [0.717, 1.165) is 28.5 Å². The standard InChI is InChI=1S/C28H24FN3O4/c1-18(19-7-3-2-4-8-19)36-27(35)31-25-23(29)17-30-32(25)24-10-6-5-9-22(24)20-11-13-21(14-12-20)28(15-16-28)26(33)34/h2-14,17-18H,15-16H2,1H3,(H,31,35)(H,33,34). The van der Waals surface area contributed by atoms with Crippen molar-refractivity contribution in [2.45, 2.75) is 31.3 Å². The number of aromatic nitrogens is 2. The highest BCUT2D eigenvalue weighted by atomic mass is 19.1. The molecule has 7 nitrogen and oxygen atoms in total. The molecule has 36 heavy (non-hydrogen) atoms. The molecule has 182 valence electrons. The zero-order chi connectivity index (χ0) is 25.3. The van der Waals surface area contributed by atoms with Crippen molar-refractivity contribution in [1.82, 2.24) is 9.78 Å². The van der Waals surface area contributed by atoms with Crippen LogP contribution in [-0.4, -0.2) is 26.9 Å². The lowest BCUT2D eigenvalue weighted by atomic mass is 9.93. The molecule has 1 heterocycles. The van der Waals surface area contributed by atoms with Crippen molar-refractivity contribution >= 4 is 17.9 Å². The number of carboxylic acid groups (broad SMARTS) is 1. The first-order valence-electron chi connectivity index (χ1n) is 11.6. The van der Waals surface area contributed by atoms with Crippen molar-refractivity contribution in [2.75, 3.05) is 5.32 Å². The van der Waals surface area contributed by atoms with E-state index in [9.17, 15) is 19.1 Å². The summed E-state index contributed by atoms with van der Waals surface area (Å²) in [7, 11) is 0. The third-order valence-corrected chi connectivity index (χ3v) is 6.54. The monoisotopic (exact) mass is 485 g/mol. The molecule has 1 aliphatic rings. The van der Waals surface area contributed by atoms with Crippen LogP contribution in [0, 0.1) is 5.82 Å². The fourth-order valence-corrected chi connectivity index (χ4v) is 4.32. The molecule has 0 bridgehead atoms. The number of carbonyl (C=O) groups excluding carboxylic acids is 1. The van der Waals surface area contributed by atoms with Crippen LogP contribution in [0.25, 0.3) is 16.8 Å². The molecule has 2 N–H and O–H groups in total. The van der Waals surface area contributed by atoms with E-state index in [1.807, 2.05) is 66.7 Å². The highest BCUT2D eigenvalue weighted by Gasteiger charge is 2.51. The van der Waals surface area contributed by atoms with Crippen LogP contribution in [0.4, 0.5) is 15.0 Å². The first-order valence-corrected chi connectivity index (χ1v) is 11.6. The quantitative estimate of drug-likeness (QED) is 0.330.